The number of ether oxygens (including phenoxy) is 1. The third-order valence-corrected chi connectivity index (χ3v) is 3.65. The van der Waals surface area contributed by atoms with Gasteiger partial charge in [0.25, 0.3) is 0 Å². The van der Waals surface area contributed by atoms with Crippen LogP contribution in [-0.2, 0) is 0 Å². The van der Waals surface area contributed by atoms with E-state index >= 15 is 0 Å². The van der Waals surface area contributed by atoms with Crippen LogP contribution < -0.4 is 10.1 Å². The van der Waals surface area contributed by atoms with E-state index in [9.17, 15) is 4.79 Å². The third kappa shape index (κ3) is 3.16. The van der Waals surface area contributed by atoms with Gasteiger partial charge in [-0.3, -0.25) is 5.32 Å². The van der Waals surface area contributed by atoms with Crippen molar-refractivity contribution in [2.75, 3.05) is 5.32 Å². The Labute approximate surface area is 137 Å². The van der Waals surface area contributed by atoms with Gasteiger partial charge in [-0.25, -0.2) is 4.79 Å². The molecule has 0 bridgehead atoms. The van der Waals surface area contributed by atoms with Crippen molar-refractivity contribution in [2.24, 2.45) is 0 Å². The molecule has 0 unspecified atom stereocenters. The normalized spacial score (nSPS) is 10.5. The van der Waals surface area contributed by atoms with Gasteiger partial charge in [0, 0.05) is 10.4 Å². The molecule has 5 heteroatoms. The molecule has 110 valence electrons. The molecule has 3 rings (SSSR count). The number of benzene rings is 3. The van der Waals surface area contributed by atoms with Crippen LogP contribution in [0.25, 0.3) is 10.8 Å². The molecular formula is C17H11Cl2NO2. The molecule has 0 saturated carbocycles. The summed E-state index contributed by atoms with van der Waals surface area (Å²) in [6.07, 6.45) is -0.611. The lowest BCUT2D eigenvalue weighted by Crippen LogP contribution is -2.17. The molecule has 0 radical (unpaired) electrons. The van der Waals surface area contributed by atoms with E-state index in [1.54, 1.807) is 12.1 Å². The molecule has 0 aliphatic rings. The minimum absolute atomic E-state index is 0.254. The predicted molar refractivity (Wildman–Crippen MR) is 90.1 cm³/mol. The summed E-state index contributed by atoms with van der Waals surface area (Å²) in [5, 5.41) is 5.45. The van der Waals surface area contributed by atoms with E-state index in [-0.39, 0.29) is 10.8 Å². The maximum atomic E-state index is 12.0. The lowest BCUT2D eigenvalue weighted by Gasteiger charge is -2.10. The highest BCUT2D eigenvalue weighted by atomic mass is 35.5. The Morgan fingerprint density at radius 1 is 0.955 bits per heavy atom. The van der Waals surface area contributed by atoms with Crippen molar-refractivity contribution >= 4 is 45.8 Å². The molecule has 22 heavy (non-hydrogen) atoms. The van der Waals surface area contributed by atoms with E-state index < -0.39 is 6.09 Å². The Morgan fingerprint density at radius 2 is 1.73 bits per heavy atom. The zero-order valence-electron chi connectivity index (χ0n) is 11.3. The molecule has 0 saturated heterocycles. The smallest absolute Gasteiger partial charge is 0.409 e. The SMILES string of the molecule is O=C(Nc1cccc2ccccc12)Oc1ccc(Cl)cc1Cl. The van der Waals surface area contributed by atoms with Crippen LogP contribution in [0.2, 0.25) is 10.0 Å². The molecule has 0 atom stereocenters. The van der Waals surface area contributed by atoms with Crippen molar-refractivity contribution in [3.05, 3.63) is 70.7 Å². The van der Waals surface area contributed by atoms with Gasteiger partial charge in [0.05, 0.1) is 10.7 Å². The Hall–Kier alpha value is -2.23. The number of hydrogen-bond acceptors (Lipinski definition) is 2. The Morgan fingerprint density at radius 3 is 2.55 bits per heavy atom. The van der Waals surface area contributed by atoms with Gasteiger partial charge in [-0.05, 0) is 29.7 Å². The fraction of sp³-hybridized carbons (Fsp3) is 0. The van der Waals surface area contributed by atoms with Crippen LogP contribution in [0.4, 0.5) is 10.5 Å². The first-order valence-corrected chi connectivity index (χ1v) is 7.31. The largest absolute Gasteiger partial charge is 0.417 e. The zero-order chi connectivity index (χ0) is 15.5. The van der Waals surface area contributed by atoms with Crippen molar-refractivity contribution in [1.29, 1.82) is 0 Å². The van der Waals surface area contributed by atoms with Crippen LogP contribution in [0, 0.1) is 0 Å². The summed E-state index contributed by atoms with van der Waals surface area (Å²) in [5.74, 6) is 0.254. The Bertz CT molecular complexity index is 844. The number of amides is 1. The molecule has 0 aliphatic carbocycles. The Kier molecular flexibility index (Phi) is 4.18. The van der Waals surface area contributed by atoms with Crippen molar-refractivity contribution < 1.29 is 9.53 Å². The van der Waals surface area contributed by atoms with E-state index in [0.29, 0.717) is 10.7 Å². The highest BCUT2D eigenvalue weighted by Gasteiger charge is 2.10. The second-order valence-electron chi connectivity index (χ2n) is 4.62. The summed E-state index contributed by atoms with van der Waals surface area (Å²) in [6, 6.07) is 18.1. The number of halogens is 2. The molecule has 0 aliphatic heterocycles. The molecule has 0 fully saturated rings. The van der Waals surface area contributed by atoms with Crippen molar-refractivity contribution in [1.82, 2.24) is 0 Å². The van der Waals surface area contributed by atoms with E-state index in [4.69, 9.17) is 27.9 Å². The maximum Gasteiger partial charge on any atom is 0.417 e. The monoisotopic (exact) mass is 331 g/mol. The minimum Gasteiger partial charge on any atom is -0.409 e. The van der Waals surface area contributed by atoms with Gasteiger partial charge in [-0.2, -0.15) is 0 Å². The average Bonchev–Trinajstić information content (AvgIpc) is 2.50. The number of rotatable bonds is 2. The second kappa shape index (κ2) is 6.26. The summed E-state index contributed by atoms with van der Waals surface area (Å²) in [7, 11) is 0. The second-order valence-corrected chi connectivity index (χ2v) is 5.46. The molecule has 3 aromatic rings. The van der Waals surface area contributed by atoms with Crippen LogP contribution in [0.5, 0.6) is 5.75 Å². The zero-order valence-corrected chi connectivity index (χ0v) is 12.9. The summed E-state index contributed by atoms with van der Waals surface area (Å²) in [5.41, 5.74) is 0.674. The average molecular weight is 332 g/mol. The predicted octanol–water partition coefficient (Wildman–Crippen LogP) is 5.76. The van der Waals surface area contributed by atoms with Crippen LogP contribution in [0.15, 0.2) is 60.7 Å². The molecule has 1 amide bonds. The molecule has 0 spiro atoms. The number of anilines is 1. The van der Waals surface area contributed by atoms with Gasteiger partial charge in [0.1, 0.15) is 0 Å². The molecule has 1 N–H and O–H groups in total. The van der Waals surface area contributed by atoms with Crippen molar-refractivity contribution in [2.45, 2.75) is 0 Å². The molecule has 0 aromatic heterocycles. The van der Waals surface area contributed by atoms with Crippen LogP contribution in [0.3, 0.4) is 0 Å². The van der Waals surface area contributed by atoms with Gasteiger partial charge < -0.3 is 4.74 Å². The van der Waals surface area contributed by atoms with E-state index in [1.165, 1.54) is 6.07 Å². The van der Waals surface area contributed by atoms with Crippen molar-refractivity contribution in [3.63, 3.8) is 0 Å². The fourth-order valence-electron chi connectivity index (χ4n) is 2.13. The first kappa shape index (κ1) is 14.7. The lowest BCUT2D eigenvalue weighted by molar-refractivity contribution is 0.215. The van der Waals surface area contributed by atoms with Gasteiger partial charge in [0.15, 0.2) is 5.75 Å². The molecule has 0 heterocycles. The summed E-state index contributed by atoms with van der Waals surface area (Å²) >= 11 is 11.8. The number of carbonyl (C=O) groups excluding carboxylic acids is 1. The summed E-state index contributed by atoms with van der Waals surface area (Å²) < 4.78 is 5.21. The van der Waals surface area contributed by atoms with E-state index in [2.05, 4.69) is 5.32 Å². The maximum absolute atomic E-state index is 12.0. The third-order valence-electron chi connectivity index (χ3n) is 3.12. The standard InChI is InChI=1S/C17H11Cl2NO2/c18-12-8-9-16(14(19)10-12)22-17(21)20-15-7-3-5-11-4-1-2-6-13(11)15/h1-10H,(H,20,21). The first-order valence-electron chi connectivity index (χ1n) is 6.55. The van der Waals surface area contributed by atoms with Gasteiger partial charge in [-0.1, -0.05) is 59.6 Å². The highest BCUT2D eigenvalue weighted by molar-refractivity contribution is 6.35. The first-order chi connectivity index (χ1) is 10.6. The fourth-order valence-corrected chi connectivity index (χ4v) is 2.57. The quantitative estimate of drug-likeness (QED) is 0.648. The van der Waals surface area contributed by atoms with E-state index in [0.717, 1.165) is 10.8 Å². The number of fused-ring (bicyclic) bond motifs is 1. The van der Waals surface area contributed by atoms with Gasteiger partial charge >= 0.3 is 6.09 Å². The van der Waals surface area contributed by atoms with Crippen LogP contribution in [0.1, 0.15) is 0 Å². The topological polar surface area (TPSA) is 38.3 Å². The summed E-state index contributed by atoms with van der Waals surface area (Å²) in [6.45, 7) is 0. The molecule has 3 aromatic carbocycles. The lowest BCUT2D eigenvalue weighted by atomic mass is 10.1. The Balaban J connectivity index is 1.81. The number of nitrogens with one attached hydrogen (secondary N) is 1. The van der Waals surface area contributed by atoms with E-state index in [1.807, 2.05) is 42.5 Å². The molecule has 3 nitrogen and oxygen atoms in total. The minimum atomic E-state index is -0.611. The van der Waals surface area contributed by atoms with Crippen LogP contribution >= 0.6 is 23.2 Å². The van der Waals surface area contributed by atoms with Crippen LogP contribution in [-0.4, -0.2) is 6.09 Å². The summed E-state index contributed by atoms with van der Waals surface area (Å²) in [4.78, 5) is 12.0. The van der Waals surface area contributed by atoms with Gasteiger partial charge in [0.2, 0.25) is 0 Å². The number of hydrogen-bond donors (Lipinski definition) is 1. The van der Waals surface area contributed by atoms with Gasteiger partial charge in [-0.15, -0.1) is 0 Å². The number of carbonyl (C=O) groups is 1. The molecular weight excluding hydrogens is 321 g/mol. The highest BCUT2D eigenvalue weighted by Crippen LogP contribution is 2.28. The van der Waals surface area contributed by atoms with Crippen molar-refractivity contribution in [3.8, 4) is 5.75 Å².